The first-order valence-corrected chi connectivity index (χ1v) is 24.9. The number of hydrogen-bond donors (Lipinski definition) is 5. The van der Waals surface area contributed by atoms with Crippen molar-refractivity contribution >= 4 is 40.7 Å². The van der Waals surface area contributed by atoms with Crippen molar-refractivity contribution in [2.45, 2.75) is 129 Å². The number of benzene rings is 3. The predicted molar refractivity (Wildman–Crippen MR) is 270 cm³/mol. The molecule has 5 N–H and O–H groups in total. The number of likely N-dealkylation sites (tertiary alicyclic amines) is 1. The highest BCUT2D eigenvalue weighted by molar-refractivity contribution is 7.13. The maximum absolute atomic E-state index is 14.1. The third-order valence-electron chi connectivity index (χ3n) is 12.6. The Bertz CT molecular complexity index is 2650. The normalized spacial score (nSPS) is 16.3. The van der Waals surface area contributed by atoms with Gasteiger partial charge in [0.25, 0.3) is 0 Å². The van der Waals surface area contributed by atoms with Crippen LogP contribution in [0.5, 0.6) is 23.0 Å². The number of aliphatic hydroxyl groups excluding tert-OH is 1. The average Bonchev–Trinajstić information content (AvgIpc) is 3.95. The van der Waals surface area contributed by atoms with Crippen LogP contribution in [0.1, 0.15) is 127 Å². The van der Waals surface area contributed by atoms with Gasteiger partial charge in [0.2, 0.25) is 17.7 Å². The number of aliphatic hydroxyl groups is 1. The smallest absolute Gasteiger partial charge is 0.246 e. The Labute approximate surface area is 415 Å². The van der Waals surface area contributed by atoms with E-state index in [2.05, 4.69) is 15.6 Å². The number of rotatable bonds is 21. The molecule has 70 heavy (non-hydrogen) atoms. The lowest BCUT2D eigenvalue weighted by Gasteiger charge is -2.35. The third kappa shape index (κ3) is 14.1. The molecule has 3 aromatic carbocycles. The molecular weight excluding hydrogens is 905 g/mol. The van der Waals surface area contributed by atoms with Gasteiger partial charge in [-0.25, -0.2) is 4.98 Å². The zero-order chi connectivity index (χ0) is 50.4. The van der Waals surface area contributed by atoms with E-state index in [0.717, 1.165) is 73.1 Å². The van der Waals surface area contributed by atoms with E-state index >= 15 is 0 Å². The van der Waals surface area contributed by atoms with Crippen LogP contribution in [-0.4, -0.2) is 74.3 Å². The molecule has 4 atom stereocenters. The summed E-state index contributed by atoms with van der Waals surface area (Å²) in [6.07, 6.45) is 13.2. The summed E-state index contributed by atoms with van der Waals surface area (Å²) >= 11 is 1.58. The molecule has 14 nitrogen and oxygen atoms in total. The fraction of sp³-hybridized carbons (Fsp3) is 0.418. The summed E-state index contributed by atoms with van der Waals surface area (Å²) in [6, 6.07) is 19.1. The Morgan fingerprint density at radius 1 is 0.914 bits per heavy atom. The number of aromatic hydroxyl groups is 2. The van der Waals surface area contributed by atoms with Crippen molar-refractivity contribution in [2.75, 3.05) is 13.2 Å². The van der Waals surface area contributed by atoms with Crippen LogP contribution >= 0.6 is 11.3 Å². The molecule has 15 heteroatoms. The lowest BCUT2D eigenvalue weighted by atomic mass is 9.85. The van der Waals surface area contributed by atoms with Gasteiger partial charge in [-0.2, -0.15) is 10.5 Å². The van der Waals surface area contributed by atoms with Crippen molar-refractivity contribution in [3.63, 3.8) is 0 Å². The first-order chi connectivity index (χ1) is 33.6. The van der Waals surface area contributed by atoms with E-state index in [9.17, 15) is 40.2 Å². The SMILES string of the molecule is Cc1ncsc1-c1ccc([C@H](C)NC(=O)[C@@H]2C[C@@H](O)CN2C(=O)[C@@H](NC(=O)CCCCCCCCCCCOc2cc(O)ccc2/C=C/C2=CC(=C(C#N)C#N)c3cc(O)ccc3O2)C(C)(C)C)cc1. The van der Waals surface area contributed by atoms with Crippen LogP contribution in [-0.2, 0) is 14.4 Å². The quantitative estimate of drug-likeness (QED) is 0.0391. The second-order valence-electron chi connectivity index (χ2n) is 19.1. The molecule has 0 spiro atoms. The monoisotopic (exact) mass is 968 g/mol. The van der Waals surface area contributed by atoms with Crippen molar-refractivity contribution < 1.29 is 39.2 Å². The number of aryl methyl sites for hydroxylation is 1. The van der Waals surface area contributed by atoms with Crippen molar-refractivity contribution in [3.05, 3.63) is 112 Å². The fourth-order valence-electron chi connectivity index (χ4n) is 8.64. The van der Waals surface area contributed by atoms with Crippen LogP contribution in [0.3, 0.4) is 0 Å². The standard InChI is InChI=1S/C55H64N6O8S/c1-35(37-16-18-39(19-17-37)51-36(2)58-34-70-51)59-53(66)47-28-43(64)33-61(47)54(67)52(55(3,4)5)60-50(65)15-13-11-9-7-6-8-10-12-14-26-68-49-29-42(63)22-20-38(49)21-24-44-30-45(40(31-56)32-57)46-27-41(62)23-25-48(46)69-44/h16-25,27,29-30,34-35,43,47,52,62-64H,6-15,26,28,33H2,1-5H3,(H,59,66)(H,60,65)/b24-21+/t35-,43+,47-,52+/m0/s1. The zero-order valence-corrected chi connectivity index (χ0v) is 41.5. The Kier molecular flexibility index (Phi) is 18.4. The van der Waals surface area contributed by atoms with Gasteiger partial charge in [0.05, 0.1) is 34.8 Å². The Morgan fingerprint density at radius 3 is 2.23 bits per heavy atom. The molecule has 0 saturated carbocycles. The van der Waals surface area contributed by atoms with E-state index < -0.39 is 23.6 Å². The molecular formula is C55H64N6O8S. The maximum Gasteiger partial charge on any atom is 0.246 e. The van der Waals surface area contributed by atoms with Gasteiger partial charge in [-0.05, 0) is 91.8 Å². The largest absolute Gasteiger partial charge is 0.508 e. The molecule has 368 valence electrons. The number of carbonyl (C=O) groups excluding carboxylic acids is 3. The molecule has 1 saturated heterocycles. The van der Waals surface area contributed by atoms with Crippen LogP contribution < -0.4 is 20.1 Å². The summed E-state index contributed by atoms with van der Waals surface area (Å²) in [5, 5.41) is 55.9. The lowest BCUT2D eigenvalue weighted by molar-refractivity contribution is -0.144. The van der Waals surface area contributed by atoms with Gasteiger partial charge in [0.1, 0.15) is 58.6 Å². The number of thiazole rings is 1. The molecule has 0 bridgehead atoms. The molecule has 0 unspecified atom stereocenters. The molecule has 2 aliphatic heterocycles. The van der Waals surface area contributed by atoms with Gasteiger partial charge in [-0.3, -0.25) is 14.4 Å². The highest BCUT2D eigenvalue weighted by atomic mass is 32.1. The number of nitrogens with zero attached hydrogens (tertiary/aromatic N) is 4. The molecule has 3 amide bonds. The van der Waals surface area contributed by atoms with Gasteiger partial charge in [0.15, 0.2) is 0 Å². The number of ether oxygens (including phenoxy) is 2. The number of aromatic nitrogens is 1. The average molecular weight is 969 g/mol. The van der Waals surface area contributed by atoms with Crippen molar-refractivity contribution in [3.8, 4) is 45.6 Å². The summed E-state index contributed by atoms with van der Waals surface area (Å²) in [7, 11) is 0. The minimum atomic E-state index is -0.870. The molecule has 4 aromatic rings. The van der Waals surface area contributed by atoms with Crippen LogP contribution in [0.15, 0.2) is 89.7 Å². The van der Waals surface area contributed by atoms with Gasteiger partial charge in [-0.1, -0.05) is 90.0 Å². The van der Waals surface area contributed by atoms with E-state index in [-0.39, 0.29) is 60.2 Å². The number of nitrogens with one attached hydrogen (secondary N) is 2. The van der Waals surface area contributed by atoms with Gasteiger partial charge >= 0.3 is 0 Å². The first-order valence-electron chi connectivity index (χ1n) is 24.1. The molecule has 2 aliphatic rings. The van der Waals surface area contributed by atoms with Crippen molar-refractivity contribution in [1.29, 1.82) is 10.5 Å². The van der Waals surface area contributed by atoms with E-state index in [1.807, 2.05) is 76.5 Å². The number of β-amino-alcohol motifs (C(OH)–C–C–N with tert-alkyl or cyclic N) is 1. The number of amides is 3. The molecule has 1 fully saturated rings. The summed E-state index contributed by atoms with van der Waals surface area (Å²) in [5.74, 6) is 0.403. The molecule has 0 aliphatic carbocycles. The number of phenols is 2. The Hall–Kier alpha value is -6.94. The fourth-order valence-corrected chi connectivity index (χ4v) is 9.45. The second kappa shape index (κ2) is 24.6. The van der Waals surface area contributed by atoms with Crippen LogP contribution in [0.25, 0.3) is 22.1 Å². The van der Waals surface area contributed by atoms with Crippen molar-refractivity contribution in [2.24, 2.45) is 5.41 Å². The minimum Gasteiger partial charge on any atom is -0.508 e. The van der Waals surface area contributed by atoms with E-state index in [1.54, 1.807) is 53.8 Å². The topological polar surface area (TPSA) is 218 Å². The molecule has 6 rings (SSSR count). The minimum absolute atomic E-state index is 0.0162. The molecule has 3 heterocycles. The van der Waals surface area contributed by atoms with Crippen LogP contribution in [0.2, 0.25) is 0 Å². The van der Waals surface area contributed by atoms with Gasteiger partial charge in [-0.15, -0.1) is 11.3 Å². The van der Waals surface area contributed by atoms with Crippen molar-refractivity contribution in [1.82, 2.24) is 20.5 Å². The summed E-state index contributed by atoms with van der Waals surface area (Å²) in [4.78, 5) is 47.8. The van der Waals surface area contributed by atoms with Gasteiger partial charge in [0, 0.05) is 42.2 Å². The summed E-state index contributed by atoms with van der Waals surface area (Å²) < 4.78 is 12.1. The number of nitriles is 2. The third-order valence-corrected chi connectivity index (χ3v) is 13.5. The highest BCUT2D eigenvalue weighted by Crippen LogP contribution is 2.38. The number of allylic oxidation sites excluding steroid dienone is 4. The van der Waals surface area contributed by atoms with Crippen LogP contribution in [0.4, 0.5) is 0 Å². The Balaban J connectivity index is 0.876. The highest BCUT2D eigenvalue weighted by Gasteiger charge is 2.44. The number of carbonyl (C=O) groups is 3. The second-order valence-corrected chi connectivity index (χ2v) is 19.9. The number of unbranched alkanes of at least 4 members (excludes halogenated alkanes) is 8. The first kappa shape index (κ1) is 52.4. The van der Waals surface area contributed by atoms with E-state index in [4.69, 9.17) is 9.47 Å². The Morgan fingerprint density at radius 2 is 1.57 bits per heavy atom. The van der Waals surface area contributed by atoms with E-state index in [0.29, 0.717) is 47.0 Å². The van der Waals surface area contributed by atoms with Gasteiger partial charge < -0.3 is 40.3 Å². The number of hydrogen-bond acceptors (Lipinski definition) is 12. The number of fused-ring (bicyclic) bond motifs is 1. The lowest BCUT2D eigenvalue weighted by Crippen LogP contribution is -2.57. The maximum atomic E-state index is 14.1. The summed E-state index contributed by atoms with van der Waals surface area (Å²) in [5.41, 5.74) is 5.50. The van der Waals surface area contributed by atoms with Crippen LogP contribution in [0, 0.1) is 35.0 Å². The van der Waals surface area contributed by atoms with E-state index in [1.165, 1.54) is 17.0 Å². The summed E-state index contributed by atoms with van der Waals surface area (Å²) in [6.45, 7) is 10.0. The number of phenolic OH excluding ortho intramolecular Hbond substituents is 2. The molecule has 0 radical (unpaired) electrons. The molecule has 1 aromatic heterocycles. The zero-order valence-electron chi connectivity index (χ0n) is 40.7. The predicted octanol–water partition coefficient (Wildman–Crippen LogP) is 9.97.